The zero-order valence-corrected chi connectivity index (χ0v) is 76.1. The van der Waals surface area contributed by atoms with Gasteiger partial charge in [0, 0.05) is 49.1 Å². The summed E-state index contributed by atoms with van der Waals surface area (Å²) >= 11 is 0. The first-order chi connectivity index (χ1) is 69.0. The summed E-state index contributed by atoms with van der Waals surface area (Å²) in [6.45, 7) is 0. The molecule has 0 amide bonds. The molecule has 29 rings (SSSR count). The summed E-state index contributed by atoms with van der Waals surface area (Å²) in [6, 6.07) is 193. The maximum absolute atomic E-state index is 2.44. The maximum atomic E-state index is 2.44. The van der Waals surface area contributed by atoms with Gasteiger partial charge in [-0.2, -0.15) is 0 Å². The van der Waals surface area contributed by atoms with Crippen molar-refractivity contribution in [1.82, 2.24) is 13.7 Å². The molecule has 3 heteroatoms. The molecule has 0 saturated carbocycles. The van der Waals surface area contributed by atoms with Gasteiger partial charge in [0.15, 0.2) is 0 Å². The number of aromatic nitrogens is 3. The smallest absolute Gasteiger partial charge is 0.0541 e. The molecule has 139 heavy (non-hydrogen) atoms. The van der Waals surface area contributed by atoms with Gasteiger partial charge in [-0.15, -0.1) is 0 Å². The van der Waals surface area contributed by atoms with Crippen LogP contribution in [0.4, 0.5) is 0 Å². The lowest BCUT2D eigenvalue weighted by molar-refractivity contribution is 1.18. The van der Waals surface area contributed by atoms with Crippen LogP contribution in [-0.2, 0) is 0 Å². The predicted molar refractivity (Wildman–Crippen MR) is 595 cm³/mol. The van der Waals surface area contributed by atoms with Crippen molar-refractivity contribution in [2.45, 2.75) is 0 Å². The molecule has 0 fully saturated rings. The fourth-order valence-electron chi connectivity index (χ4n) is 23.1. The van der Waals surface area contributed by atoms with Gasteiger partial charge in [0.2, 0.25) is 0 Å². The van der Waals surface area contributed by atoms with Crippen LogP contribution in [0.15, 0.2) is 528 Å². The van der Waals surface area contributed by atoms with Crippen molar-refractivity contribution in [3.63, 3.8) is 0 Å². The Morgan fingerprint density at radius 2 is 0.324 bits per heavy atom. The molecule has 0 spiro atoms. The van der Waals surface area contributed by atoms with Gasteiger partial charge >= 0.3 is 0 Å². The molecule has 0 bridgehead atoms. The number of fused-ring (bicyclic) bond motifs is 19. The molecule has 0 aliphatic carbocycles. The third-order valence-corrected chi connectivity index (χ3v) is 29.1. The van der Waals surface area contributed by atoms with Crippen LogP contribution in [0.25, 0.3) is 268 Å². The Hall–Kier alpha value is -18.3. The van der Waals surface area contributed by atoms with Crippen molar-refractivity contribution >= 4 is 173 Å². The zero-order chi connectivity index (χ0) is 91.5. The Bertz CT molecular complexity index is 9840. The van der Waals surface area contributed by atoms with Crippen molar-refractivity contribution in [2.24, 2.45) is 0 Å². The standard InChI is InChI=1S/C48H31N.C46H29N.C42H27N/c1-2-13-32(14-3-1)33-25-28-36(29-26-33)49-45-24-11-10-18-38(45)44-31-35(27-30-46(44)49)47-40-19-6-8-21-42(40)48(43-22-9-7-20-41(43)47)39-23-12-16-34-15-4-5-17-37(34)39;1-3-17-33-30(13-1)15-11-24-36(33)46-39-22-7-5-20-37(39)45(38-21-6-8-23-40(38)46)32-27-28-44-41(29-32)35-19-9-10-25-43(35)47(44)42-26-12-16-31-14-2-4-18-34(31)42;1-2-15-30(16-3-1)43-39-24-11-10-18-32(39)38-27-29(25-26-40(38)43)41-34-19-6-8-21-36(34)42(37-22-9-7-20-35(37)41)33-23-12-14-28-13-4-5-17-31(28)33/h1-31H;1-29H;1-27H. The predicted octanol–water partition coefficient (Wildman–Crippen LogP) is 37.6. The van der Waals surface area contributed by atoms with E-state index in [2.05, 4.69) is 541 Å². The van der Waals surface area contributed by atoms with Crippen LogP contribution >= 0.6 is 0 Å². The van der Waals surface area contributed by atoms with Crippen molar-refractivity contribution < 1.29 is 0 Å². The average Bonchev–Trinajstić information content (AvgIpc) is 1.61. The van der Waals surface area contributed by atoms with E-state index in [1.165, 1.54) is 262 Å². The van der Waals surface area contributed by atoms with Gasteiger partial charge in [-0.25, -0.2) is 0 Å². The molecular formula is C136H87N3. The molecule has 0 saturated heterocycles. The van der Waals surface area contributed by atoms with Crippen LogP contribution in [0.2, 0.25) is 0 Å². The van der Waals surface area contributed by atoms with E-state index in [4.69, 9.17) is 0 Å². The van der Waals surface area contributed by atoms with Gasteiger partial charge in [-0.1, -0.05) is 443 Å². The molecule has 3 aromatic heterocycles. The van der Waals surface area contributed by atoms with E-state index in [0.717, 1.165) is 5.69 Å². The highest BCUT2D eigenvalue weighted by Crippen LogP contribution is 2.52. The Labute approximate surface area is 803 Å². The van der Waals surface area contributed by atoms with Gasteiger partial charge in [0.25, 0.3) is 0 Å². The summed E-state index contributed by atoms with van der Waals surface area (Å²) in [4.78, 5) is 0. The normalized spacial score (nSPS) is 11.7. The largest absolute Gasteiger partial charge is 0.309 e. The summed E-state index contributed by atoms with van der Waals surface area (Å²) in [6.07, 6.45) is 0. The van der Waals surface area contributed by atoms with E-state index in [9.17, 15) is 0 Å². The van der Waals surface area contributed by atoms with Gasteiger partial charge < -0.3 is 13.7 Å². The highest BCUT2D eigenvalue weighted by Gasteiger charge is 2.26. The van der Waals surface area contributed by atoms with E-state index >= 15 is 0 Å². The number of para-hydroxylation sites is 4. The highest BCUT2D eigenvalue weighted by molar-refractivity contribution is 6.29. The molecule has 0 aliphatic heterocycles. The summed E-state index contributed by atoms with van der Waals surface area (Å²) < 4.78 is 7.23. The molecule has 0 unspecified atom stereocenters. The Balaban J connectivity index is 0.000000105. The van der Waals surface area contributed by atoms with Crippen molar-refractivity contribution in [3.8, 4) is 95.0 Å². The second-order valence-corrected chi connectivity index (χ2v) is 36.6. The molecule has 29 aromatic rings. The summed E-state index contributed by atoms with van der Waals surface area (Å²) in [5, 5.41) is 33.0. The van der Waals surface area contributed by atoms with E-state index < -0.39 is 0 Å². The molecule has 3 nitrogen and oxygen atoms in total. The Morgan fingerprint density at radius 3 is 0.662 bits per heavy atom. The van der Waals surface area contributed by atoms with Gasteiger partial charge in [0.05, 0.1) is 38.8 Å². The van der Waals surface area contributed by atoms with E-state index in [1.54, 1.807) is 0 Å². The van der Waals surface area contributed by atoms with Crippen LogP contribution in [0, 0.1) is 0 Å². The fraction of sp³-hybridized carbons (Fsp3) is 0. The van der Waals surface area contributed by atoms with Crippen LogP contribution < -0.4 is 0 Å². The highest BCUT2D eigenvalue weighted by atomic mass is 15.0. The number of hydrogen-bond donors (Lipinski definition) is 0. The first kappa shape index (κ1) is 80.4. The van der Waals surface area contributed by atoms with Crippen LogP contribution in [0.1, 0.15) is 0 Å². The molecule has 0 aliphatic rings. The Morgan fingerprint density at radius 1 is 0.108 bits per heavy atom. The van der Waals surface area contributed by atoms with Crippen LogP contribution in [0.5, 0.6) is 0 Å². The lowest BCUT2D eigenvalue weighted by Crippen LogP contribution is -1.95. The van der Waals surface area contributed by atoms with Crippen molar-refractivity contribution in [2.75, 3.05) is 0 Å². The van der Waals surface area contributed by atoms with Gasteiger partial charge in [0.1, 0.15) is 0 Å². The lowest BCUT2D eigenvalue weighted by atomic mass is 9.84. The number of hydrogen-bond acceptors (Lipinski definition) is 0. The molecule has 646 valence electrons. The first-order valence-corrected chi connectivity index (χ1v) is 48.1. The van der Waals surface area contributed by atoms with E-state index in [0.29, 0.717) is 0 Å². The third-order valence-electron chi connectivity index (χ3n) is 29.1. The number of rotatable bonds is 10. The maximum Gasteiger partial charge on any atom is 0.0541 e. The average molecular weight is 1760 g/mol. The van der Waals surface area contributed by atoms with Crippen molar-refractivity contribution in [3.05, 3.63) is 528 Å². The minimum Gasteiger partial charge on any atom is -0.309 e. The molecule has 0 atom stereocenters. The van der Waals surface area contributed by atoms with E-state index in [-0.39, 0.29) is 0 Å². The second kappa shape index (κ2) is 33.4. The monoisotopic (exact) mass is 1760 g/mol. The fourth-order valence-corrected chi connectivity index (χ4v) is 23.1. The quantitative estimate of drug-likeness (QED) is 0.121. The van der Waals surface area contributed by atoms with Crippen LogP contribution in [0.3, 0.4) is 0 Å². The summed E-state index contributed by atoms with van der Waals surface area (Å²) in [5.41, 5.74) is 28.5. The minimum atomic E-state index is 1.16. The number of benzene rings is 26. The second-order valence-electron chi connectivity index (χ2n) is 36.6. The molecule has 0 N–H and O–H groups in total. The van der Waals surface area contributed by atoms with Gasteiger partial charge in [-0.3, -0.25) is 0 Å². The first-order valence-electron chi connectivity index (χ1n) is 48.1. The number of nitrogens with zero attached hydrogens (tertiary/aromatic N) is 3. The topological polar surface area (TPSA) is 14.8 Å². The zero-order valence-electron chi connectivity index (χ0n) is 76.1. The third kappa shape index (κ3) is 13.3. The van der Waals surface area contributed by atoms with Gasteiger partial charge in [-0.05, 0) is 265 Å². The van der Waals surface area contributed by atoms with E-state index in [1.807, 2.05) is 0 Å². The molecular weight excluding hydrogens is 1680 g/mol. The Kier molecular flexibility index (Phi) is 19.3. The lowest BCUT2D eigenvalue weighted by Gasteiger charge is -2.19. The molecule has 3 heterocycles. The summed E-state index contributed by atoms with van der Waals surface area (Å²) in [7, 11) is 0. The molecule has 0 radical (unpaired) electrons. The van der Waals surface area contributed by atoms with Crippen LogP contribution in [-0.4, -0.2) is 13.7 Å². The van der Waals surface area contributed by atoms with Crippen molar-refractivity contribution in [1.29, 1.82) is 0 Å². The minimum absolute atomic E-state index is 1.16. The molecule has 26 aromatic carbocycles. The SMILES string of the molecule is c1ccc(-c2ccc(-n3c4ccccc4c4cc(-c5c6ccccc6c(-c6cccc7ccccc67)c6ccccc56)ccc43)cc2)cc1.c1ccc(-n2c3ccccc3c3cc(-c4c5ccccc5c(-c5cccc6ccccc56)c5ccccc45)ccc32)cc1.c1ccc2c(-c3c4ccccc4c(-c4ccc5c(c4)c4ccccc4n5-c4cccc5ccccc45)c4ccccc34)cccc2c1. The summed E-state index contributed by atoms with van der Waals surface area (Å²) in [5.74, 6) is 0.